The number of pyridine rings is 1. The molecule has 0 amide bonds. The molecule has 0 saturated heterocycles. The Hall–Kier alpha value is -2.92. The molecule has 0 saturated carbocycles. The molecule has 2 aromatic heterocycles. The molecule has 0 N–H and O–H groups in total. The van der Waals surface area contributed by atoms with Crippen molar-refractivity contribution >= 4 is 21.6 Å². The van der Waals surface area contributed by atoms with E-state index in [9.17, 15) is 14.5 Å². The van der Waals surface area contributed by atoms with Crippen molar-refractivity contribution < 1.29 is 18.8 Å². The van der Waals surface area contributed by atoms with Gasteiger partial charge in [-0.1, -0.05) is 0 Å². The summed E-state index contributed by atoms with van der Waals surface area (Å²) in [6.45, 7) is 1.60. The molecule has 0 radical (unpaired) electrons. The highest BCUT2D eigenvalue weighted by Crippen LogP contribution is 2.35. The first-order valence-electron chi connectivity index (χ1n) is 8.01. The van der Waals surface area contributed by atoms with Crippen LogP contribution in [0.15, 0.2) is 35.2 Å². The lowest BCUT2D eigenvalue weighted by atomic mass is 10.1. The quantitative estimate of drug-likeness (QED) is 0.399. The molecule has 3 aromatic rings. The van der Waals surface area contributed by atoms with E-state index >= 15 is 0 Å². The van der Waals surface area contributed by atoms with E-state index in [4.69, 9.17) is 9.47 Å². The highest BCUT2D eigenvalue weighted by Gasteiger charge is 2.22. The first kappa shape index (κ1) is 19.8. The first-order valence-corrected chi connectivity index (χ1v) is 8.80. The molecule has 2 heterocycles. The number of methoxy groups -OCH3 is 1. The molecule has 11 heteroatoms. The zero-order chi connectivity index (χ0) is 20.3. The van der Waals surface area contributed by atoms with Crippen LogP contribution in [0.5, 0.6) is 5.75 Å². The highest BCUT2D eigenvalue weighted by atomic mass is 79.9. The van der Waals surface area contributed by atoms with Gasteiger partial charge < -0.3 is 9.47 Å². The topological polar surface area (TPSA) is 105 Å². The Kier molecular flexibility index (Phi) is 5.95. The molecule has 146 valence electrons. The van der Waals surface area contributed by atoms with E-state index in [2.05, 4.69) is 31.0 Å². The Bertz CT molecular complexity index is 1030. The highest BCUT2D eigenvalue weighted by molar-refractivity contribution is 9.10. The Morgan fingerprint density at radius 2 is 2.11 bits per heavy atom. The number of halogens is 2. The molecule has 9 nitrogen and oxygen atoms in total. The number of benzene rings is 1. The molecule has 0 atom stereocenters. The second kappa shape index (κ2) is 8.40. The lowest BCUT2D eigenvalue weighted by Crippen LogP contribution is -2.05. The van der Waals surface area contributed by atoms with Crippen molar-refractivity contribution in [3.8, 4) is 11.4 Å². The standard InChI is InChI=1S/C17H15BrFN5O4/c1-10-21-9-23(22-10)14-5-11(6-15(24(25)26)17(14)27-2)7-28-8-13-16(19)12(18)3-4-20-13/h3-6,9H,7-8H2,1-2H3. The van der Waals surface area contributed by atoms with Crippen LogP contribution >= 0.6 is 15.9 Å². The third-order valence-corrected chi connectivity index (χ3v) is 4.40. The third-order valence-electron chi connectivity index (χ3n) is 3.79. The van der Waals surface area contributed by atoms with E-state index in [1.54, 1.807) is 13.0 Å². The van der Waals surface area contributed by atoms with Gasteiger partial charge in [0.15, 0.2) is 5.82 Å². The minimum atomic E-state index is -0.550. The average Bonchev–Trinajstić information content (AvgIpc) is 3.10. The Labute approximate surface area is 167 Å². The van der Waals surface area contributed by atoms with Crippen LogP contribution in [-0.2, 0) is 18.0 Å². The van der Waals surface area contributed by atoms with Gasteiger partial charge in [0.1, 0.15) is 23.5 Å². The summed E-state index contributed by atoms with van der Waals surface area (Å²) in [5.74, 6) is 0.0444. The van der Waals surface area contributed by atoms with Gasteiger partial charge in [-0.25, -0.2) is 14.1 Å². The molecule has 1 aromatic carbocycles. The first-order chi connectivity index (χ1) is 13.4. The van der Waals surface area contributed by atoms with Gasteiger partial charge >= 0.3 is 5.69 Å². The van der Waals surface area contributed by atoms with Crippen LogP contribution in [-0.4, -0.2) is 31.8 Å². The summed E-state index contributed by atoms with van der Waals surface area (Å²) in [7, 11) is 1.34. The fourth-order valence-corrected chi connectivity index (χ4v) is 2.89. The van der Waals surface area contributed by atoms with E-state index in [-0.39, 0.29) is 34.8 Å². The van der Waals surface area contributed by atoms with Gasteiger partial charge in [0, 0.05) is 12.3 Å². The maximum atomic E-state index is 14.0. The van der Waals surface area contributed by atoms with Gasteiger partial charge in [0.25, 0.3) is 0 Å². The van der Waals surface area contributed by atoms with E-state index in [1.807, 2.05) is 0 Å². The van der Waals surface area contributed by atoms with Crippen molar-refractivity contribution in [3.05, 3.63) is 68.2 Å². The van der Waals surface area contributed by atoms with Crippen LogP contribution < -0.4 is 4.74 Å². The molecule has 0 aliphatic carbocycles. The fourth-order valence-electron chi connectivity index (χ4n) is 2.54. The monoisotopic (exact) mass is 451 g/mol. The number of aromatic nitrogens is 4. The maximum absolute atomic E-state index is 14.0. The van der Waals surface area contributed by atoms with Crippen LogP contribution in [0.25, 0.3) is 5.69 Å². The predicted molar refractivity (Wildman–Crippen MR) is 99.7 cm³/mol. The van der Waals surface area contributed by atoms with E-state index in [1.165, 1.54) is 36.4 Å². The molecule has 0 spiro atoms. The molecule has 0 unspecified atom stereocenters. The van der Waals surface area contributed by atoms with Crippen LogP contribution in [0.1, 0.15) is 17.1 Å². The van der Waals surface area contributed by atoms with Gasteiger partial charge in [0.05, 0.1) is 29.7 Å². The molecular formula is C17H15BrFN5O4. The summed E-state index contributed by atoms with van der Waals surface area (Å²) >= 11 is 3.09. The molecule has 0 fully saturated rings. The van der Waals surface area contributed by atoms with Gasteiger partial charge in [-0.05, 0) is 40.5 Å². The normalized spacial score (nSPS) is 10.9. The molecule has 28 heavy (non-hydrogen) atoms. The number of rotatable bonds is 7. The number of hydrogen-bond acceptors (Lipinski definition) is 7. The number of nitro groups is 1. The van der Waals surface area contributed by atoms with Gasteiger partial charge in [-0.2, -0.15) is 5.10 Å². The average molecular weight is 452 g/mol. The van der Waals surface area contributed by atoms with Gasteiger partial charge in [-0.3, -0.25) is 15.1 Å². The van der Waals surface area contributed by atoms with Crippen LogP contribution in [0, 0.1) is 22.9 Å². The summed E-state index contributed by atoms with van der Waals surface area (Å²) in [4.78, 5) is 18.9. The second-order valence-corrected chi connectivity index (χ2v) is 6.56. The summed E-state index contributed by atoms with van der Waals surface area (Å²) < 4.78 is 26.4. The Morgan fingerprint density at radius 3 is 2.75 bits per heavy atom. The van der Waals surface area contributed by atoms with Crippen LogP contribution in [0.2, 0.25) is 0 Å². The maximum Gasteiger partial charge on any atom is 0.313 e. The number of hydrogen-bond donors (Lipinski definition) is 0. The van der Waals surface area contributed by atoms with Crippen molar-refractivity contribution in [2.45, 2.75) is 20.1 Å². The zero-order valence-corrected chi connectivity index (χ0v) is 16.5. The van der Waals surface area contributed by atoms with Gasteiger partial charge in [0.2, 0.25) is 5.75 Å². The van der Waals surface area contributed by atoms with Crippen molar-refractivity contribution in [1.29, 1.82) is 0 Å². The predicted octanol–water partition coefficient (Wildman–Crippen LogP) is 3.51. The van der Waals surface area contributed by atoms with E-state index < -0.39 is 10.7 Å². The SMILES string of the molecule is COc1c(-n2cnc(C)n2)cc(COCc2nccc(Br)c2F)cc1[N+](=O)[O-]. The lowest BCUT2D eigenvalue weighted by Gasteiger charge is -2.12. The lowest BCUT2D eigenvalue weighted by molar-refractivity contribution is -0.385. The van der Waals surface area contributed by atoms with Crippen molar-refractivity contribution in [1.82, 2.24) is 19.7 Å². The summed E-state index contributed by atoms with van der Waals surface area (Å²) in [5, 5.41) is 15.7. The van der Waals surface area contributed by atoms with E-state index in [0.717, 1.165) is 0 Å². The third kappa shape index (κ3) is 4.15. The van der Waals surface area contributed by atoms with Crippen LogP contribution in [0.3, 0.4) is 0 Å². The van der Waals surface area contributed by atoms with Crippen molar-refractivity contribution in [3.63, 3.8) is 0 Å². The van der Waals surface area contributed by atoms with Crippen molar-refractivity contribution in [2.75, 3.05) is 7.11 Å². The zero-order valence-electron chi connectivity index (χ0n) is 14.9. The minimum absolute atomic E-state index is 0.000846. The largest absolute Gasteiger partial charge is 0.489 e. The number of aryl methyl sites for hydroxylation is 1. The van der Waals surface area contributed by atoms with E-state index in [0.29, 0.717) is 17.1 Å². The Balaban J connectivity index is 1.89. The summed E-state index contributed by atoms with van der Waals surface area (Å²) in [6, 6.07) is 4.47. The minimum Gasteiger partial charge on any atom is -0.489 e. The second-order valence-electron chi connectivity index (χ2n) is 5.71. The molecular weight excluding hydrogens is 437 g/mol. The number of nitro benzene ring substituents is 1. The summed E-state index contributed by atoms with van der Waals surface area (Å²) in [6.07, 6.45) is 2.89. The molecule has 0 aliphatic heterocycles. The summed E-state index contributed by atoms with van der Waals surface area (Å²) in [5.41, 5.74) is 0.733. The Morgan fingerprint density at radius 1 is 1.32 bits per heavy atom. The fraction of sp³-hybridized carbons (Fsp3) is 0.235. The van der Waals surface area contributed by atoms with Gasteiger partial charge in [-0.15, -0.1) is 0 Å². The number of nitrogens with zero attached hydrogens (tertiary/aromatic N) is 5. The van der Waals surface area contributed by atoms with Crippen molar-refractivity contribution in [2.24, 2.45) is 0 Å². The molecule has 0 aliphatic rings. The molecule has 0 bridgehead atoms. The van der Waals surface area contributed by atoms with Crippen LogP contribution in [0.4, 0.5) is 10.1 Å². The number of ether oxygens (including phenoxy) is 2. The smallest absolute Gasteiger partial charge is 0.313 e. The molecule has 3 rings (SSSR count).